The number of anilines is 2. The Kier molecular flexibility index (Phi) is 5.92. The van der Waals surface area contributed by atoms with Gasteiger partial charge < -0.3 is 19.5 Å². The maximum Gasteiger partial charge on any atom is 0.269 e. The van der Waals surface area contributed by atoms with Crippen molar-refractivity contribution in [2.24, 2.45) is 0 Å². The van der Waals surface area contributed by atoms with Crippen LogP contribution in [0.15, 0.2) is 89.5 Å². The molecule has 0 bridgehead atoms. The molecule has 1 N–H and O–H groups in total. The van der Waals surface area contributed by atoms with Gasteiger partial charge in [-0.15, -0.1) is 0 Å². The lowest BCUT2D eigenvalue weighted by atomic mass is 10.0. The van der Waals surface area contributed by atoms with Crippen LogP contribution in [0.2, 0.25) is 0 Å². The number of benzene rings is 2. The molecule has 8 nitrogen and oxygen atoms in total. The van der Waals surface area contributed by atoms with Crippen LogP contribution in [0.4, 0.5) is 17.1 Å². The van der Waals surface area contributed by atoms with Crippen LogP contribution < -0.4 is 15.1 Å². The number of thiocarbonyl (C=S) groups is 1. The van der Waals surface area contributed by atoms with E-state index in [-0.39, 0.29) is 17.8 Å². The van der Waals surface area contributed by atoms with Gasteiger partial charge in [0.1, 0.15) is 17.6 Å². The Bertz CT molecular complexity index is 1350. The molecule has 5 rings (SSSR count). The van der Waals surface area contributed by atoms with E-state index in [0.29, 0.717) is 16.6 Å². The molecule has 1 fully saturated rings. The van der Waals surface area contributed by atoms with Crippen molar-refractivity contribution < 1.29 is 9.34 Å². The number of furan rings is 1. The number of rotatable bonds is 6. The molecule has 1 aliphatic rings. The van der Waals surface area contributed by atoms with E-state index in [1.807, 2.05) is 78.5 Å². The summed E-state index contributed by atoms with van der Waals surface area (Å²) in [4.78, 5) is 19.2. The van der Waals surface area contributed by atoms with Gasteiger partial charge in [-0.1, -0.05) is 6.07 Å². The van der Waals surface area contributed by atoms with Crippen LogP contribution in [0.1, 0.15) is 23.5 Å². The first kappa shape index (κ1) is 22.5. The second-order valence-corrected chi connectivity index (χ2v) is 8.80. The lowest BCUT2D eigenvalue weighted by molar-refractivity contribution is -0.384. The van der Waals surface area contributed by atoms with E-state index in [9.17, 15) is 10.1 Å². The summed E-state index contributed by atoms with van der Waals surface area (Å²) >= 11 is 5.77. The van der Waals surface area contributed by atoms with Gasteiger partial charge in [-0.2, -0.15) is 0 Å². The monoisotopic (exact) mass is 485 g/mol. The van der Waals surface area contributed by atoms with Crippen LogP contribution in [0.3, 0.4) is 0 Å². The number of pyridine rings is 1. The number of hydrogen-bond donors (Lipinski definition) is 1. The molecule has 0 aliphatic carbocycles. The average Bonchev–Trinajstić information content (AvgIpc) is 3.49. The maximum absolute atomic E-state index is 11.0. The summed E-state index contributed by atoms with van der Waals surface area (Å²) in [5, 5.41) is 15.0. The summed E-state index contributed by atoms with van der Waals surface area (Å²) < 4.78 is 6.32. The van der Waals surface area contributed by atoms with Crippen LogP contribution in [0.5, 0.6) is 0 Å². The number of aromatic nitrogens is 1. The molecule has 0 unspecified atom stereocenters. The van der Waals surface area contributed by atoms with Gasteiger partial charge in [0.05, 0.1) is 16.7 Å². The second-order valence-electron chi connectivity index (χ2n) is 8.41. The zero-order valence-corrected chi connectivity index (χ0v) is 20.0. The van der Waals surface area contributed by atoms with Gasteiger partial charge in [0, 0.05) is 49.4 Å². The number of nitrogens with zero attached hydrogens (tertiary/aromatic N) is 4. The smallest absolute Gasteiger partial charge is 0.269 e. The number of nitrogens with one attached hydrogen (secondary N) is 1. The zero-order chi connectivity index (χ0) is 24.5. The van der Waals surface area contributed by atoms with Gasteiger partial charge in [-0.05, 0) is 72.9 Å². The standard InChI is InChI=1S/C26H23N5O3S/c1-29(2)18-10-12-19(13-11-18)30-25(24(28-26(30)35)21-5-3-4-16-27-21)23-15-14-22(34-23)17-6-8-20(9-7-17)31(32)33/h3-16,24-25H,1-2H3,(H,28,35)/t24-,25+/m1/s1. The Hall–Kier alpha value is -4.24. The highest BCUT2D eigenvalue weighted by Gasteiger charge is 2.42. The van der Waals surface area contributed by atoms with Crippen molar-refractivity contribution in [1.82, 2.24) is 10.3 Å². The summed E-state index contributed by atoms with van der Waals surface area (Å²) in [5.41, 5.74) is 3.66. The van der Waals surface area contributed by atoms with Crippen molar-refractivity contribution in [1.29, 1.82) is 0 Å². The third-order valence-corrected chi connectivity index (χ3v) is 6.34. The highest BCUT2D eigenvalue weighted by Crippen LogP contribution is 2.43. The molecule has 9 heteroatoms. The Morgan fingerprint density at radius 1 is 1.03 bits per heavy atom. The second kappa shape index (κ2) is 9.19. The van der Waals surface area contributed by atoms with Crippen molar-refractivity contribution >= 4 is 34.4 Å². The Labute approximate surface area is 208 Å². The summed E-state index contributed by atoms with van der Waals surface area (Å²) in [7, 11) is 4.00. The summed E-state index contributed by atoms with van der Waals surface area (Å²) in [6, 6.07) is 23.6. The minimum Gasteiger partial charge on any atom is -0.459 e. The maximum atomic E-state index is 11.0. The number of nitro benzene ring substituents is 1. The van der Waals surface area contributed by atoms with Gasteiger partial charge in [-0.25, -0.2) is 0 Å². The van der Waals surface area contributed by atoms with Crippen LogP contribution in [0, 0.1) is 10.1 Å². The predicted molar refractivity (Wildman–Crippen MR) is 139 cm³/mol. The van der Waals surface area contributed by atoms with Crippen molar-refractivity contribution in [2.75, 3.05) is 23.9 Å². The molecule has 2 aromatic heterocycles. The highest BCUT2D eigenvalue weighted by atomic mass is 32.1. The van der Waals surface area contributed by atoms with Gasteiger partial charge in [-0.3, -0.25) is 15.1 Å². The quantitative estimate of drug-likeness (QED) is 0.218. The third-order valence-electron chi connectivity index (χ3n) is 6.02. The van der Waals surface area contributed by atoms with Gasteiger partial charge in [0.25, 0.3) is 5.69 Å². The molecule has 3 heterocycles. The molecule has 0 radical (unpaired) electrons. The van der Waals surface area contributed by atoms with Gasteiger partial charge in [0.2, 0.25) is 0 Å². The first-order valence-electron chi connectivity index (χ1n) is 11.0. The van der Waals surface area contributed by atoms with E-state index in [4.69, 9.17) is 16.6 Å². The van der Waals surface area contributed by atoms with Gasteiger partial charge in [0.15, 0.2) is 5.11 Å². The van der Waals surface area contributed by atoms with Crippen LogP contribution >= 0.6 is 12.2 Å². The highest BCUT2D eigenvalue weighted by molar-refractivity contribution is 7.80. The lowest BCUT2D eigenvalue weighted by Gasteiger charge is -2.26. The van der Waals surface area contributed by atoms with E-state index in [0.717, 1.165) is 22.6 Å². The molecular formula is C26H23N5O3S. The molecule has 176 valence electrons. The summed E-state index contributed by atoms with van der Waals surface area (Å²) in [6.45, 7) is 0. The lowest BCUT2D eigenvalue weighted by Crippen LogP contribution is -2.29. The fourth-order valence-electron chi connectivity index (χ4n) is 4.25. The fourth-order valence-corrected chi connectivity index (χ4v) is 4.59. The molecular weight excluding hydrogens is 462 g/mol. The molecule has 0 saturated carbocycles. The number of non-ortho nitro benzene ring substituents is 1. The van der Waals surface area contributed by atoms with Crippen molar-refractivity contribution in [3.63, 3.8) is 0 Å². The van der Waals surface area contributed by atoms with E-state index >= 15 is 0 Å². The summed E-state index contributed by atoms with van der Waals surface area (Å²) in [6.07, 6.45) is 1.76. The third kappa shape index (κ3) is 4.33. The van der Waals surface area contributed by atoms with E-state index in [2.05, 4.69) is 10.3 Å². The van der Waals surface area contributed by atoms with Crippen LogP contribution in [-0.4, -0.2) is 29.1 Å². The number of hydrogen-bond acceptors (Lipinski definition) is 6. The Morgan fingerprint density at radius 2 is 1.77 bits per heavy atom. The minimum absolute atomic E-state index is 0.0356. The van der Waals surface area contributed by atoms with Crippen molar-refractivity contribution in [2.45, 2.75) is 12.1 Å². The first-order chi connectivity index (χ1) is 16.9. The normalized spacial score (nSPS) is 17.3. The topological polar surface area (TPSA) is 87.7 Å². The van der Waals surface area contributed by atoms with Crippen LogP contribution in [0.25, 0.3) is 11.3 Å². The van der Waals surface area contributed by atoms with E-state index < -0.39 is 4.92 Å². The number of nitro groups is 1. The summed E-state index contributed by atoms with van der Waals surface area (Å²) in [5.74, 6) is 1.33. The molecule has 0 amide bonds. The minimum atomic E-state index is -0.417. The average molecular weight is 486 g/mol. The van der Waals surface area contributed by atoms with Gasteiger partial charge >= 0.3 is 0 Å². The van der Waals surface area contributed by atoms with Crippen molar-refractivity contribution in [3.05, 3.63) is 107 Å². The van der Waals surface area contributed by atoms with E-state index in [1.54, 1.807) is 18.3 Å². The molecule has 35 heavy (non-hydrogen) atoms. The Balaban J connectivity index is 1.55. The van der Waals surface area contributed by atoms with E-state index in [1.165, 1.54) is 12.1 Å². The Morgan fingerprint density at radius 3 is 2.40 bits per heavy atom. The zero-order valence-electron chi connectivity index (χ0n) is 19.2. The molecule has 4 aromatic rings. The molecule has 0 spiro atoms. The molecule has 1 saturated heterocycles. The fraction of sp³-hybridized carbons (Fsp3) is 0.154. The molecule has 2 aromatic carbocycles. The largest absolute Gasteiger partial charge is 0.459 e. The van der Waals surface area contributed by atoms with Crippen molar-refractivity contribution in [3.8, 4) is 11.3 Å². The first-order valence-corrected chi connectivity index (χ1v) is 11.5. The van der Waals surface area contributed by atoms with Crippen LogP contribution in [-0.2, 0) is 0 Å². The molecule has 2 atom stereocenters. The molecule has 1 aliphatic heterocycles. The predicted octanol–water partition coefficient (Wildman–Crippen LogP) is 5.49. The SMILES string of the molecule is CN(C)c1ccc(N2C(=S)N[C@H](c3ccccn3)[C@@H]2c2ccc(-c3ccc([N+](=O)[O-])cc3)o2)cc1.